The summed E-state index contributed by atoms with van der Waals surface area (Å²) in [5, 5.41) is 0. The topological polar surface area (TPSA) is 3.24 Å². The van der Waals surface area contributed by atoms with Crippen LogP contribution in [0.3, 0.4) is 0 Å². The largest absolute Gasteiger partial charge is 0.371 e. The fraction of sp³-hybridized carbons (Fsp3) is 0.538. The van der Waals surface area contributed by atoms with E-state index in [1.165, 1.54) is 30.6 Å². The summed E-state index contributed by atoms with van der Waals surface area (Å²) in [5.74, 6) is 1.76. The Balaban J connectivity index is 2.18. The Morgan fingerprint density at radius 1 is 1.40 bits per heavy atom. The predicted molar refractivity (Wildman–Crippen MR) is 70.0 cm³/mol. The van der Waals surface area contributed by atoms with Gasteiger partial charge in [0, 0.05) is 18.8 Å². The van der Waals surface area contributed by atoms with E-state index in [4.69, 9.17) is 0 Å². The van der Waals surface area contributed by atoms with Crippen molar-refractivity contribution in [1.82, 2.24) is 0 Å². The summed E-state index contributed by atoms with van der Waals surface area (Å²) in [6, 6.07) is 8.80. The molecule has 15 heavy (non-hydrogen) atoms. The lowest BCUT2D eigenvalue weighted by Crippen LogP contribution is -2.35. The standard InChI is InChI=1S/C13H19NS/c1-11-9-12-5-2-3-6-13(12)14(10-11)7-4-8-15/h2-3,5-6,11,15H,4,7-10H2,1H3. The van der Waals surface area contributed by atoms with Crippen molar-refractivity contribution in [3.8, 4) is 0 Å². The zero-order valence-corrected chi connectivity index (χ0v) is 10.2. The maximum absolute atomic E-state index is 4.29. The minimum Gasteiger partial charge on any atom is -0.371 e. The van der Waals surface area contributed by atoms with Gasteiger partial charge in [-0.05, 0) is 36.1 Å². The van der Waals surface area contributed by atoms with E-state index >= 15 is 0 Å². The van der Waals surface area contributed by atoms with Crippen molar-refractivity contribution in [1.29, 1.82) is 0 Å². The van der Waals surface area contributed by atoms with Crippen molar-refractivity contribution in [3.63, 3.8) is 0 Å². The molecular formula is C13H19NS. The summed E-state index contributed by atoms with van der Waals surface area (Å²) in [5.41, 5.74) is 2.95. The van der Waals surface area contributed by atoms with Crippen LogP contribution in [0.5, 0.6) is 0 Å². The van der Waals surface area contributed by atoms with E-state index in [0.717, 1.165) is 18.2 Å². The molecule has 1 aromatic rings. The molecule has 1 aliphatic heterocycles. The zero-order valence-electron chi connectivity index (χ0n) is 9.32. The molecule has 0 saturated heterocycles. The molecule has 2 heteroatoms. The van der Waals surface area contributed by atoms with Crippen molar-refractivity contribution >= 4 is 18.3 Å². The van der Waals surface area contributed by atoms with E-state index in [-0.39, 0.29) is 0 Å². The van der Waals surface area contributed by atoms with Crippen LogP contribution in [0.1, 0.15) is 18.9 Å². The average molecular weight is 221 g/mol. The second-order valence-electron chi connectivity index (χ2n) is 4.46. The SMILES string of the molecule is CC1Cc2ccccc2N(CCCS)C1. The highest BCUT2D eigenvalue weighted by atomic mass is 32.1. The molecular weight excluding hydrogens is 202 g/mol. The molecule has 0 spiro atoms. The highest BCUT2D eigenvalue weighted by molar-refractivity contribution is 7.80. The van der Waals surface area contributed by atoms with Crippen molar-refractivity contribution < 1.29 is 0 Å². The number of anilines is 1. The Bertz CT molecular complexity index is 324. The van der Waals surface area contributed by atoms with Crippen LogP contribution in [-0.2, 0) is 6.42 Å². The van der Waals surface area contributed by atoms with Gasteiger partial charge in [0.05, 0.1) is 0 Å². The molecule has 1 heterocycles. The summed E-state index contributed by atoms with van der Waals surface area (Å²) in [6.07, 6.45) is 2.40. The van der Waals surface area contributed by atoms with Gasteiger partial charge in [-0.25, -0.2) is 0 Å². The van der Waals surface area contributed by atoms with E-state index < -0.39 is 0 Å². The Morgan fingerprint density at radius 3 is 3.00 bits per heavy atom. The molecule has 0 aromatic heterocycles. The summed E-state index contributed by atoms with van der Waals surface area (Å²) in [7, 11) is 0. The monoisotopic (exact) mass is 221 g/mol. The van der Waals surface area contributed by atoms with Crippen LogP contribution in [-0.4, -0.2) is 18.8 Å². The molecule has 1 nitrogen and oxygen atoms in total. The third kappa shape index (κ3) is 2.49. The lowest BCUT2D eigenvalue weighted by atomic mass is 9.94. The second-order valence-corrected chi connectivity index (χ2v) is 4.91. The first-order chi connectivity index (χ1) is 7.31. The Morgan fingerprint density at radius 2 is 2.20 bits per heavy atom. The maximum Gasteiger partial charge on any atom is 0.0398 e. The lowest BCUT2D eigenvalue weighted by Gasteiger charge is -2.34. The third-order valence-corrected chi connectivity index (χ3v) is 3.34. The average Bonchev–Trinajstić information content (AvgIpc) is 2.25. The van der Waals surface area contributed by atoms with Gasteiger partial charge >= 0.3 is 0 Å². The molecule has 1 aromatic carbocycles. The Labute approximate surface area is 97.9 Å². The van der Waals surface area contributed by atoms with Crippen LogP contribution in [0, 0.1) is 5.92 Å². The van der Waals surface area contributed by atoms with Gasteiger partial charge in [-0.1, -0.05) is 25.1 Å². The van der Waals surface area contributed by atoms with Crippen molar-refractivity contribution in [2.75, 3.05) is 23.7 Å². The molecule has 0 radical (unpaired) electrons. The molecule has 0 saturated carbocycles. The summed E-state index contributed by atoms with van der Waals surface area (Å²) < 4.78 is 0. The van der Waals surface area contributed by atoms with E-state index in [9.17, 15) is 0 Å². The third-order valence-electron chi connectivity index (χ3n) is 3.02. The molecule has 1 aliphatic rings. The van der Waals surface area contributed by atoms with E-state index in [1.54, 1.807) is 0 Å². The Kier molecular flexibility index (Phi) is 3.57. The fourth-order valence-electron chi connectivity index (χ4n) is 2.38. The molecule has 0 aliphatic carbocycles. The van der Waals surface area contributed by atoms with E-state index in [2.05, 4.69) is 48.7 Å². The quantitative estimate of drug-likeness (QED) is 0.768. The molecule has 0 amide bonds. The van der Waals surface area contributed by atoms with Gasteiger partial charge in [0.1, 0.15) is 0 Å². The van der Waals surface area contributed by atoms with Gasteiger partial charge in [0.15, 0.2) is 0 Å². The number of para-hydroxylation sites is 1. The normalized spacial score (nSPS) is 20.1. The minimum absolute atomic E-state index is 0.778. The highest BCUT2D eigenvalue weighted by Crippen LogP contribution is 2.29. The highest BCUT2D eigenvalue weighted by Gasteiger charge is 2.20. The number of nitrogens with zero attached hydrogens (tertiary/aromatic N) is 1. The van der Waals surface area contributed by atoms with E-state index in [1.807, 2.05) is 0 Å². The molecule has 1 unspecified atom stereocenters. The first-order valence-corrected chi connectivity index (χ1v) is 6.38. The lowest BCUT2D eigenvalue weighted by molar-refractivity contribution is 0.530. The Hall–Kier alpha value is -0.630. The van der Waals surface area contributed by atoms with Crippen LogP contribution in [0.2, 0.25) is 0 Å². The number of thiol groups is 1. The van der Waals surface area contributed by atoms with Crippen LogP contribution in [0.4, 0.5) is 5.69 Å². The van der Waals surface area contributed by atoms with Gasteiger partial charge in [-0.15, -0.1) is 0 Å². The number of hydrogen-bond donors (Lipinski definition) is 1. The molecule has 0 N–H and O–H groups in total. The van der Waals surface area contributed by atoms with Crippen LogP contribution < -0.4 is 4.90 Å². The smallest absolute Gasteiger partial charge is 0.0398 e. The second kappa shape index (κ2) is 4.93. The molecule has 82 valence electrons. The van der Waals surface area contributed by atoms with Gasteiger partial charge in [0.2, 0.25) is 0 Å². The van der Waals surface area contributed by atoms with Gasteiger partial charge in [-0.3, -0.25) is 0 Å². The number of rotatable bonds is 3. The number of fused-ring (bicyclic) bond motifs is 1. The maximum atomic E-state index is 4.29. The summed E-state index contributed by atoms with van der Waals surface area (Å²) >= 11 is 4.29. The minimum atomic E-state index is 0.778. The van der Waals surface area contributed by atoms with Gasteiger partial charge < -0.3 is 4.90 Å². The van der Waals surface area contributed by atoms with Gasteiger partial charge in [-0.2, -0.15) is 12.6 Å². The first kappa shape index (κ1) is 10.9. The summed E-state index contributed by atoms with van der Waals surface area (Å²) in [4.78, 5) is 2.51. The number of hydrogen-bond acceptors (Lipinski definition) is 2. The first-order valence-electron chi connectivity index (χ1n) is 5.75. The van der Waals surface area contributed by atoms with Crippen LogP contribution in [0.25, 0.3) is 0 Å². The predicted octanol–water partition coefficient (Wildman–Crippen LogP) is 3.01. The van der Waals surface area contributed by atoms with Crippen LogP contribution >= 0.6 is 12.6 Å². The zero-order chi connectivity index (χ0) is 10.7. The fourth-order valence-corrected chi connectivity index (χ4v) is 2.52. The molecule has 1 atom stereocenters. The molecule has 0 fully saturated rings. The number of benzene rings is 1. The molecule has 0 bridgehead atoms. The summed E-state index contributed by atoms with van der Waals surface area (Å²) in [6.45, 7) is 4.68. The molecule has 2 rings (SSSR count). The van der Waals surface area contributed by atoms with Crippen molar-refractivity contribution in [3.05, 3.63) is 29.8 Å². The van der Waals surface area contributed by atoms with Crippen LogP contribution in [0.15, 0.2) is 24.3 Å². The van der Waals surface area contributed by atoms with Crippen molar-refractivity contribution in [2.45, 2.75) is 19.8 Å². The van der Waals surface area contributed by atoms with E-state index in [0.29, 0.717) is 0 Å². The van der Waals surface area contributed by atoms with Crippen molar-refractivity contribution in [2.24, 2.45) is 5.92 Å². The van der Waals surface area contributed by atoms with Gasteiger partial charge in [0.25, 0.3) is 0 Å².